The minimum absolute atomic E-state index is 0.153. The zero-order chi connectivity index (χ0) is 14.9. The van der Waals surface area contributed by atoms with Crippen molar-refractivity contribution in [1.29, 1.82) is 0 Å². The smallest absolute Gasteiger partial charge is 0.251 e. The lowest BCUT2D eigenvalue weighted by Crippen LogP contribution is -2.10. The lowest BCUT2D eigenvalue weighted by atomic mass is 10.3. The van der Waals surface area contributed by atoms with Gasteiger partial charge in [0.2, 0.25) is 0 Å². The molecule has 0 unspecified atom stereocenters. The van der Waals surface area contributed by atoms with Gasteiger partial charge in [0.15, 0.2) is 5.16 Å². The molecule has 2 aromatic rings. The third-order valence-electron chi connectivity index (χ3n) is 2.60. The summed E-state index contributed by atoms with van der Waals surface area (Å²) < 4.78 is 10.6. The van der Waals surface area contributed by atoms with Crippen molar-refractivity contribution >= 4 is 11.8 Å². The average Bonchev–Trinajstić information content (AvgIpc) is 2.48. The molecule has 1 aromatic heterocycles. The molecule has 1 N–H and O–H groups in total. The Balaban J connectivity index is 1.74. The van der Waals surface area contributed by atoms with E-state index in [-0.39, 0.29) is 5.56 Å². The zero-order valence-electron chi connectivity index (χ0n) is 11.9. The minimum atomic E-state index is -0.153. The number of rotatable bonds is 8. The second kappa shape index (κ2) is 8.49. The van der Waals surface area contributed by atoms with Crippen molar-refractivity contribution in [3.63, 3.8) is 0 Å². The third kappa shape index (κ3) is 5.61. The maximum absolute atomic E-state index is 11.5. The highest BCUT2D eigenvalue weighted by Gasteiger charge is 2.02. The summed E-state index contributed by atoms with van der Waals surface area (Å²) in [5, 5.41) is 0.620. The van der Waals surface area contributed by atoms with Gasteiger partial charge in [0.1, 0.15) is 5.75 Å². The molecular weight excluding hydrogens is 288 g/mol. The van der Waals surface area contributed by atoms with Crippen LogP contribution in [0.25, 0.3) is 0 Å². The van der Waals surface area contributed by atoms with Gasteiger partial charge in [-0.1, -0.05) is 30.0 Å². The Morgan fingerprint density at radius 2 is 2.10 bits per heavy atom. The van der Waals surface area contributed by atoms with Crippen LogP contribution in [-0.2, 0) is 11.3 Å². The summed E-state index contributed by atoms with van der Waals surface area (Å²) in [5.74, 6) is 1.70. The van der Waals surface area contributed by atoms with Crippen LogP contribution in [0.2, 0.25) is 0 Å². The number of hydrogen-bond acceptors (Lipinski definition) is 5. The molecule has 0 saturated heterocycles. The molecule has 0 aliphatic heterocycles. The van der Waals surface area contributed by atoms with E-state index in [9.17, 15) is 4.79 Å². The van der Waals surface area contributed by atoms with Gasteiger partial charge < -0.3 is 14.5 Å². The minimum Gasteiger partial charge on any atom is -0.494 e. The van der Waals surface area contributed by atoms with E-state index in [1.807, 2.05) is 30.3 Å². The molecule has 0 spiro atoms. The van der Waals surface area contributed by atoms with Gasteiger partial charge >= 0.3 is 0 Å². The second-order valence-electron chi connectivity index (χ2n) is 4.34. The monoisotopic (exact) mass is 306 g/mol. The van der Waals surface area contributed by atoms with Gasteiger partial charge in [-0.2, -0.15) is 0 Å². The highest BCUT2D eigenvalue weighted by Crippen LogP contribution is 2.14. The van der Waals surface area contributed by atoms with Crippen molar-refractivity contribution in [2.45, 2.75) is 18.2 Å². The van der Waals surface area contributed by atoms with Crippen molar-refractivity contribution < 1.29 is 9.47 Å². The molecule has 0 aliphatic rings. The Kier molecular flexibility index (Phi) is 6.30. The molecule has 0 bridgehead atoms. The Morgan fingerprint density at radius 3 is 2.86 bits per heavy atom. The predicted octanol–water partition coefficient (Wildman–Crippen LogP) is 2.48. The van der Waals surface area contributed by atoms with E-state index in [0.717, 1.165) is 17.9 Å². The number of ether oxygens (including phenoxy) is 2. The molecule has 0 aliphatic carbocycles. The fraction of sp³-hybridized carbons (Fsp3) is 0.333. The molecule has 21 heavy (non-hydrogen) atoms. The topological polar surface area (TPSA) is 64.2 Å². The highest BCUT2D eigenvalue weighted by molar-refractivity contribution is 7.99. The summed E-state index contributed by atoms with van der Waals surface area (Å²) in [6.45, 7) is 0.980. The fourth-order valence-corrected chi connectivity index (χ4v) is 2.52. The first-order valence-electron chi connectivity index (χ1n) is 6.68. The largest absolute Gasteiger partial charge is 0.494 e. The lowest BCUT2D eigenvalue weighted by Gasteiger charge is -2.06. The van der Waals surface area contributed by atoms with Crippen molar-refractivity contribution in [1.82, 2.24) is 9.97 Å². The number of aromatic amines is 1. The standard InChI is InChI=1S/C15H18N2O3S/c1-19-11-12-10-14(18)17-15(16-12)21-9-5-8-20-13-6-3-2-4-7-13/h2-4,6-7,10H,5,8-9,11H2,1H3,(H,16,17,18). The molecular formula is C15H18N2O3S. The number of thioether (sulfide) groups is 1. The van der Waals surface area contributed by atoms with Gasteiger partial charge in [0, 0.05) is 18.9 Å². The highest BCUT2D eigenvalue weighted by atomic mass is 32.2. The average molecular weight is 306 g/mol. The first-order valence-corrected chi connectivity index (χ1v) is 7.66. The Hall–Kier alpha value is -1.79. The molecule has 2 rings (SSSR count). The number of para-hydroxylation sites is 1. The molecule has 0 amide bonds. The summed E-state index contributed by atoms with van der Waals surface area (Å²) in [4.78, 5) is 18.5. The summed E-state index contributed by atoms with van der Waals surface area (Å²) >= 11 is 1.51. The van der Waals surface area contributed by atoms with Crippen molar-refractivity contribution in [3.8, 4) is 5.75 Å². The third-order valence-corrected chi connectivity index (χ3v) is 3.56. The molecule has 0 radical (unpaired) electrons. The fourth-order valence-electron chi connectivity index (χ4n) is 1.71. The Bertz CT molecular complexity index is 601. The number of hydrogen-bond donors (Lipinski definition) is 1. The summed E-state index contributed by atoms with van der Waals surface area (Å²) in [6.07, 6.45) is 0.873. The normalized spacial score (nSPS) is 10.5. The van der Waals surface area contributed by atoms with Gasteiger partial charge in [0.05, 0.1) is 18.9 Å². The maximum Gasteiger partial charge on any atom is 0.251 e. The summed E-state index contributed by atoms with van der Waals surface area (Å²) in [5.41, 5.74) is 0.490. The van der Waals surface area contributed by atoms with Crippen molar-refractivity contribution in [3.05, 3.63) is 52.4 Å². The number of aromatic nitrogens is 2. The van der Waals surface area contributed by atoms with Crippen LogP contribution in [0.1, 0.15) is 12.1 Å². The number of H-pyrrole nitrogens is 1. The Labute approximate surface area is 127 Å². The van der Waals surface area contributed by atoms with E-state index < -0.39 is 0 Å². The number of benzene rings is 1. The number of nitrogens with one attached hydrogen (secondary N) is 1. The van der Waals surface area contributed by atoms with E-state index >= 15 is 0 Å². The molecule has 112 valence electrons. The van der Waals surface area contributed by atoms with E-state index in [1.165, 1.54) is 17.8 Å². The molecule has 0 fully saturated rings. The first-order chi connectivity index (χ1) is 10.3. The molecule has 5 nitrogen and oxygen atoms in total. The molecule has 0 atom stereocenters. The van der Waals surface area contributed by atoms with Crippen LogP contribution in [0.15, 0.2) is 46.3 Å². The molecule has 1 heterocycles. The summed E-state index contributed by atoms with van der Waals surface area (Å²) in [7, 11) is 1.58. The van der Waals surface area contributed by atoms with Crippen LogP contribution < -0.4 is 10.3 Å². The second-order valence-corrected chi connectivity index (χ2v) is 5.42. The van der Waals surface area contributed by atoms with Gasteiger partial charge in [-0.25, -0.2) is 4.98 Å². The van der Waals surface area contributed by atoms with Gasteiger partial charge in [-0.05, 0) is 18.6 Å². The van der Waals surface area contributed by atoms with Crippen molar-refractivity contribution in [2.24, 2.45) is 0 Å². The van der Waals surface area contributed by atoms with Crippen LogP contribution in [-0.4, -0.2) is 29.4 Å². The molecule has 1 aromatic carbocycles. The molecule has 0 saturated carbocycles. The van der Waals surface area contributed by atoms with Crippen LogP contribution in [0, 0.1) is 0 Å². The van der Waals surface area contributed by atoms with Crippen molar-refractivity contribution in [2.75, 3.05) is 19.5 Å². The van der Waals surface area contributed by atoms with Crippen LogP contribution in [0.5, 0.6) is 5.75 Å². The molecule has 6 heteroatoms. The lowest BCUT2D eigenvalue weighted by molar-refractivity contribution is 0.180. The quantitative estimate of drug-likeness (QED) is 0.461. The van der Waals surface area contributed by atoms with Gasteiger partial charge in [-0.15, -0.1) is 0 Å². The summed E-state index contributed by atoms with van der Waals surface area (Å²) in [6, 6.07) is 11.2. The SMILES string of the molecule is COCc1cc(=O)[nH]c(SCCCOc2ccccc2)n1. The van der Waals surface area contributed by atoms with E-state index in [1.54, 1.807) is 7.11 Å². The van der Waals surface area contributed by atoms with E-state index in [0.29, 0.717) is 24.1 Å². The van der Waals surface area contributed by atoms with Crippen LogP contribution >= 0.6 is 11.8 Å². The predicted molar refractivity (Wildman–Crippen MR) is 82.8 cm³/mol. The Morgan fingerprint density at radius 1 is 1.29 bits per heavy atom. The zero-order valence-corrected chi connectivity index (χ0v) is 12.7. The van der Waals surface area contributed by atoms with E-state index in [4.69, 9.17) is 9.47 Å². The number of nitrogens with zero attached hydrogens (tertiary/aromatic N) is 1. The van der Waals surface area contributed by atoms with Crippen LogP contribution in [0.4, 0.5) is 0 Å². The maximum atomic E-state index is 11.5. The van der Waals surface area contributed by atoms with Gasteiger partial charge in [-0.3, -0.25) is 4.79 Å². The first kappa shape index (κ1) is 15.6. The van der Waals surface area contributed by atoms with Gasteiger partial charge in [0.25, 0.3) is 5.56 Å². The van der Waals surface area contributed by atoms with Crippen LogP contribution in [0.3, 0.4) is 0 Å². The van der Waals surface area contributed by atoms with E-state index in [2.05, 4.69) is 9.97 Å². The number of methoxy groups -OCH3 is 1.